The zero-order valence-electron chi connectivity index (χ0n) is 10.1. The molecule has 3 heteroatoms. The molecule has 0 radical (unpaired) electrons. The van der Waals surface area contributed by atoms with Gasteiger partial charge in [-0.15, -0.1) is 0 Å². The van der Waals surface area contributed by atoms with Crippen LogP contribution in [0.15, 0.2) is 23.5 Å². The molecule has 4 aliphatic heterocycles. The number of hydrogen-bond donors (Lipinski definition) is 0. The molecule has 2 atom stereocenters. The van der Waals surface area contributed by atoms with Gasteiger partial charge in [0.2, 0.25) is 0 Å². The Hall–Kier alpha value is -0.800. The number of rotatable bonds is 1. The second kappa shape index (κ2) is 3.85. The Morgan fingerprint density at radius 2 is 2.06 bits per heavy atom. The molecule has 0 saturated carbocycles. The first-order valence-corrected chi connectivity index (χ1v) is 6.77. The van der Waals surface area contributed by atoms with Gasteiger partial charge in [0.15, 0.2) is 6.79 Å². The maximum absolute atomic E-state index is 5.61. The first-order valence-electron chi connectivity index (χ1n) is 6.77. The van der Waals surface area contributed by atoms with Gasteiger partial charge in [-0.1, -0.05) is 11.6 Å². The molecule has 0 amide bonds. The summed E-state index contributed by atoms with van der Waals surface area (Å²) in [7, 11) is 0. The van der Waals surface area contributed by atoms with Gasteiger partial charge in [-0.2, -0.15) is 0 Å². The molecular formula is C14H19NO2. The smallest absolute Gasteiger partial charge is 0.189 e. The summed E-state index contributed by atoms with van der Waals surface area (Å²) < 4.78 is 11.1. The van der Waals surface area contributed by atoms with Gasteiger partial charge in [0.25, 0.3) is 0 Å². The molecule has 0 aromatic carbocycles. The molecule has 0 aromatic heterocycles. The second-order valence-corrected chi connectivity index (χ2v) is 5.68. The van der Waals surface area contributed by atoms with E-state index in [1.807, 2.05) is 0 Å². The van der Waals surface area contributed by atoms with E-state index in [1.165, 1.54) is 32.5 Å². The third-order valence-electron chi connectivity index (χ3n) is 4.83. The van der Waals surface area contributed by atoms with Crippen molar-refractivity contribution in [3.05, 3.63) is 23.5 Å². The summed E-state index contributed by atoms with van der Waals surface area (Å²) in [4.78, 5) is 2.62. The van der Waals surface area contributed by atoms with Gasteiger partial charge in [-0.3, -0.25) is 0 Å². The van der Waals surface area contributed by atoms with Crippen molar-refractivity contribution in [2.75, 3.05) is 26.4 Å². The number of piperidine rings is 3. The van der Waals surface area contributed by atoms with Crippen LogP contribution in [0.25, 0.3) is 0 Å². The first kappa shape index (κ1) is 10.2. The minimum absolute atomic E-state index is 0.213. The van der Waals surface area contributed by atoms with E-state index in [0.29, 0.717) is 6.79 Å². The fourth-order valence-corrected chi connectivity index (χ4v) is 3.81. The van der Waals surface area contributed by atoms with E-state index in [1.54, 1.807) is 5.57 Å². The summed E-state index contributed by atoms with van der Waals surface area (Å²) in [6.45, 7) is 4.35. The molecule has 2 bridgehead atoms. The largest absolute Gasteiger partial charge is 0.469 e. The van der Waals surface area contributed by atoms with Gasteiger partial charge in [-0.25, -0.2) is 0 Å². The highest BCUT2D eigenvalue weighted by Crippen LogP contribution is 2.40. The maximum atomic E-state index is 5.61. The lowest BCUT2D eigenvalue weighted by Crippen LogP contribution is -2.48. The van der Waals surface area contributed by atoms with Crippen LogP contribution in [0.5, 0.6) is 0 Å². The van der Waals surface area contributed by atoms with Gasteiger partial charge in [0.1, 0.15) is 11.9 Å². The van der Waals surface area contributed by atoms with Crippen LogP contribution in [0.1, 0.15) is 19.3 Å². The van der Waals surface area contributed by atoms with Crippen molar-refractivity contribution < 1.29 is 9.47 Å². The van der Waals surface area contributed by atoms with Crippen LogP contribution in [0.2, 0.25) is 0 Å². The zero-order valence-corrected chi connectivity index (χ0v) is 10.1. The van der Waals surface area contributed by atoms with E-state index in [4.69, 9.17) is 9.47 Å². The lowest BCUT2D eigenvalue weighted by atomic mass is 9.73. The molecule has 17 heavy (non-hydrogen) atoms. The molecule has 1 aliphatic carbocycles. The van der Waals surface area contributed by atoms with Gasteiger partial charge in [-0.05, 0) is 43.8 Å². The van der Waals surface area contributed by atoms with Crippen LogP contribution < -0.4 is 0 Å². The standard InChI is InChI=1S/C14H19NO2/c1-2-13-14(17-9-16-13)7-11(1)12-8-15-5-3-10(12)4-6-15/h1-2,10,12,14H,3-9H2. The normalized spacial score (nSPS) is 43.8. The second-order valence-electron chi connectivity index (χ2n) is 5.68. The minimum atomic E-state index is 0.213. The number of ether oxygens (including phenoxy) is 2. The highest BCUT2D eigenvalue weighted by molar-refractivity contribution is 5.28. The number of hydrogen-bond acceptors (Lipinski definition) is 3. The van der Waals surface area contributed by atoms with Crippen LogP contribution in [-0.2, 0) is 9.47 Å². The number of fused-ring (bicyclic) bond motifs is 4. The summed E-state index contributed by atoms with van der Waals surface area (Å²) >= 11 is 0. The monoisotopic (exact) mass is 233 g/mol. The van der Waals surface area contributed by atoms with Crippen LogP contribution in [0, 0.1) is 11.8 Å². The molecule has 4 saturated heterocycles. The Bertz CT molecular complexity index is 380. The van der Waals surface area contributed by atoms with E-state index >= 15 is 0 Å². The van der Waals surface area contributed by atoms with Crippen molar-refractivity contribution >= 4 is 0 Å². The zero-order chi connectivity index (χ0) is 11.2. The van der Waals surface area contributed by atoms with Gasteiger partial charge in [0.05, 0.1) is 0 Å². The van der Waals surface area contributed by atoms with Crippen molar-refractivity contribution in [2.45, 2.75) is 25.4 Å². The van der Waals surface area contributed by atoms with Crippen molar-refractivity contribution in [1.82, 2.24) is 4.90 Å². The molecular weight excluding hydrogens is 214 g/mol. The van der Waals surface area contributed by atoms with Crippen LogP contribution in [0.3, 0.4) is 0 Å². The van der Waals surface area contributed by atoms with Crippen molar-refractivity contribution in [3.8, 4) is 0 Å². The van der Waals surface area contributed by atoms with Crippen LogP contribution >= 0.6 is 0 Å². The Morgan fingerprint density at radius 1 is 1.18 bits per heavy atom. The summed E-state index contributed by atoms with van der Waals surface area (Å²) in [5.41, 5.74) is 1.60. The highest BCUT2D eigenvalue weighted by atomic mass is 16.7. The Morgan fingerprint density at radius 3 is 2.82 bits per heavy atom. The molecule has 4 fully saturated rings. The average Bonchev–Trinajstić information content (AvgIpc) is 2.87. The molecule has 92 valence electrons. The van der Waals surface area contributed by atoms with Crippen molar-refractivity contribution in [2.24, 2.45) is 11.8 Å². The summed E-state index contributed by atoms with van der Waals surface area (Å²) in [6, 6.07) is 0. The first-order chi connectivity index (χ1) is 8.40. The Kier molecular flexibility index (Phi) is 2.30. The molecule has 5 rings (SSSR count). The van der Waals surface area contributed by atoms with Crippen molar-refractivity contribution in [3.63, 3.8) is 0 Å². The maximum Gasteiger partial charge on any atom is 0.189 e. The molecule has 2 unspecified atom stereocenters. The third-order valence-corrected chi connectivity index (χ3v) is 4.83. The quantitative estimate of drug-likeness (QED) is 0.690. The molecule has 4 heterocycles. The molecule has 0 aromatic rings. The molecule has 3 nitrogen and oxygen atoms in total. The van der Waals surface area contributed by atoms with E-state index in [-0.39, 0.29) is 6.10 Å². The van der Waals surface area contributed by atoms with Crippen LogP contribution in [0.4, 0.5) is 0 Å². The van der Waals surface area contributed by atoms with E-state index in [2.05, 4.69) is 17.1 Å². The fourth-order valence-electron chi connectivity index (χ4n) is 3.81. The van der Waals surface area contributed by atoms with Crippen LogP contribution in [-0.4, -0.2) is 37.4 Å². The molecule has 0 N–H and O–H groups in total. The summed E-state index contributed by atoms with van der Waals surface area (Å²) in [6.07, 6.45) is 8.48. The predicted octanol–water partition coefficient (Wildman–Crippen LogP) is 1.92. The summed E-state index contributed by atoms with van der Waals surface area (Å²) in [5.74, 6) is 2.73. The Balaban J connectivity index is 1.56. The van der Waals surface area contributed by atoms with Gasteiger partial charge >= 0.3 is 0 Å². The number of nitrogens with zero attached hydrogens (tertiary/aromatic N) is 1. The number of allylic oxidation sites excluding steroid dienone is 2. The molecule has 5 aliphatic rings. The van der Waals surface area contributed by atoms with E-state index in [9.17, 15) is 0 Å². The fraction of sp³-hybridized carbons (Fsp3) is 0.714. The highest BCUT2D eigenvalue weighted by Gasteiger charge is 2.38. The molecule has 0 spiro atoms. The SMILES string of the molecule is C1=C2OCOC2CC(C2CN3CCC2CC3)=C1. The summed E-state index contributed by atoms with van der Waals surface area (Å²) in [5, 5.41) is 0. The van der Waals surface area contributed by atoms with Crippen molar-refractivity contribution in [1.29, 1.82) is 0 Å². The Labute approximate surface area is 102 Å². The topological polar surface area (TPSA) is 21.7 Å². The average molecular weight is 233 g/mol. The minimum Gasteiger partial charge on any atom is -0.469 e. The van der Waals surface area contributed by atoms with E-state index in [0.717, 1.165) is 24.0 Å². The van der Waals surface area contributed by atoms with E-state index < -0.39 is 0 Å². The third kappa shape index (κ3) is 1.64. The van der Waals surface area contributed by atoms with Gasteiger partial charge in [0, 0.05) is 13.0 Å². The lowest BCUT2D eigenvalue weighted by molar-refractivity contribution is 0.0420. The lowest BCUT2D eigenvalue weighted by Gasteiger charge is -2.46. The predicted molar refractivity (Wildman–Crippen MR) is 64.3 cm³/mol. The van der Waals surface area contributed by atoms with Gasteiger partial charge < -0.3 is 14.4 Å².